The third-order valence-corrected chi connectivity index (χ3v) is 10.8. The van der Waals surface area contributed by atoms with Crippen molar-refractivity contribution < 1.29 is 29.6 Å². The summed E-state index contributed by atoms with van der Waals surface area (Å²) in [5.74, 6) is -2.91. The molecular formula is C26H45O6P. The number of aromatic carboxylic acids is 1. The van der Waals surface area contributed by atoms with E-state index in [1.54, 1.807) is 24.6 Å². The molecule has 6 nitrogen and oxygen atoms in total. The third kappa shape index (κ3) is 13.6. The summed E-state index contributed by atoms with van der Waals surface area (Å²) in [5.41, 5.74) is -0.194. The van der Waals surface area contributed by atoms with E-state index in [1.165, 1.54) is 75.6 Å². The van der Waals surface area contributed by atoms with Gasteiger partial charge in [0.05, 0.1) is 30.6 Å². The van der Waals surface area contributed by atoms with Crippen LogP contribution in [0.4, 0.5) is 0 Å². The molecule has 0 spiro atoms. The first-order valence-corrected chi connectivity index (χ1v) is 15.0. The predicted octanol–water partition coefficient (Wildman–Crippen LogP) is 5.08. The largest absolute Gasteiger partial charge is 0.545 e. The number of unbranched alkanes of at least 4 members (excludes halogenated alkanes) is 4. The van der Waals surface area contributed by atoms with Crippen molar-refractivity contribution in [2.75, 3.05) is 31.3 Å². The van der Waals surface area contributed by atoms with Crippen LogP contribution in [-0.2, 0) is 4.79 Å². The Kier molecular flexibility index (Phi) is 17.8. The van der Waals surface area contributed by atoms with Gasteiger partial charge in [-0.25, -0.2) is 4.79 Å². The van der Waals surface area contributed by atoms with Crippen LogP contribution in [0.25, 0.3) is 0 Å². The minimum absolute atomic E-state index is 0.0391. The maximum Gasteiger partial charge on any atom is 0.336 e. The number of carboxylic acid groups (broad SMARTS) is 2. The van der Waals surface area contributed by atoms with Crippen molar-refractivity contribution >= 4 is 19.2 Å². The lowest BCUT2D eigenvalue weighted by Crippen LogP contribution is -2.28. The molecule has 0 radical (unpaired) electrons. The average Bonchev–Trinajstić information content (AvgIpc) is 2.82. The molecule has 190 valence electrons. The number of carbonyl (C=O) groups is 2. The summed E-state index contributed by atoms with van der Waals surface area (Å²) in [7, 11) is -0.562. The SMILES string of the molecule is CCCC[P+](CCCC)(CCCC)CCCC.O=C([O-])c1ccccc1OCC(O)C(=O)O. The van der Waals surface area contributed by atoms with Gasteiger partial charge in [0.2, 0.25) is 0 Å². The van der Waals surface area contributed by atoms with Crippen LogP contribution in [0.5, 0.6) is 5.75 Å². The van der Waals surface area contributed by atoms with Crippen molar-refractivity contribution in [1.29, 1.82) is 0 Å². The number of hydrogen-bond donors (Lipinski definition) is 2. The highest BCUT2D eigenvalue weighted by molar-refractivity contribution is 7.75. The zero-order chi connectivity index (χ0) is 25.1. The predicted molar refractivity (Wildman–Crippen MR) is 136 cm³/mol. The number of aliphatic hydroxyl groups is 1. The molecule has 0 aliphatic heterocycles. The van der Waals surface area contributed by atoms with Crippen LogP contribution >= 0.6 is 7.26 Å². The number of aliphatic hydroxyl groups excluding tert-OH is 1. The molecule has 1 atom stereocenters. The summed E-state index contributed by atoms with van der Waals surface area (Å²) in [6.07, 6.45) is 16.2. The Morgan fingerprint density at radius 3 is 1.67 bits per heavy atom. The highest BCUT2D eigenvalue weighted by Gasteiger charge is 2.34. The molecule has 1 rings (SSSR count). The Hall–Kier alpha value is -1.65. The summed E-state index contributed by atoms with van der Waals surface area (Å²) in [4.78, 5) is 20.9. The first-order chi connectivity index (χ1) is 15.8. The molecule has 0 aliphatic carbocycles. The Bertz CT molecular complexity index is 626. The van der Waals surface area contributed by atoms with Gasteiger partial charge in [-0.2, -0.15) is 0 Å². The molecule has 1 aromatic rings. The maximum absolute atomic E-state index is 10.6. The second-order valence-electron chi connectivity index (χ2n) is 8.60. The molecule has 2 N–H and O–H groups in total. The molecule has 7 heteroatoms. The van der Waals surface area contributed by atoms with Crippen molar-refractivity contribution in [3.05, 3.63) is 29.8 Å². The summed E-state index contributed by atoms with van der Waals surface area (Å²) in [6.45, 7) is 8.89. The monoisotopic (exact) mass is 484 g/mol. The van der Waals surface area contributed by atoms with Crippen LogP contribution in [0.1, 0.15) is 89.4 Å². The van der Waals surface area contributed by atoms with Gasteiger partial charge in [0.25, 0.3) is 0 Å². The Labute approximate surface area is 201 Å². The molecule has 0 aliphatic rings. The van der Waals surface area contributed by atoms with Crippen molar-refractivity contribution in [3.63, 3.8) is 0 Å². The molecule has 0 fully saturated rings. The fourth-order valence-electron chi connectivity index (χ4n) is 3.65. The highest BCUT2D eigenvalue weighted by atomic mass is 31.2. The summed E-state index contributed by atoms with van der Waals surface area (Å²) >= 11 is 0. The topological polar surface area (TPSA) is 107 Å². The number of carbonyl (C=O) groups excluding carboxylic acids is 1. The van der Waals surface area contributed by atoms with E-state index in [4.69, 9.17) is 14.9 Å². The van der Waals surface area contributed by atoms with Crippen LogP contribution in [-0.4, -0.2) is 59.5 Å². The van der Waals surface area contributed by atoms with Crippen LogP contribution in [0, 0.1) is 0 Å². The fraction of sp³-hybridized carbons (Fsp3) is 0.692. The van der Waals surface area contributed by atoms with Crippen molar-refractivity contribution in [3.8, 4) is 5.75 Å². The normalized spacial score (nSPS) is 11.9. The first kappa shape index (κ1) is 31.4. The van der Waals surface area contributed by atoms with Gasteiger partial charge in [-0.05, 0) is 37.8 Å². The van der Waals surface area contributed by atoms with E-state index >= 15 is 0 Å². The van der Waals surface area contributed by atoms with E-state index < -0.39 is 31.9 Å². The molecule has 0 amide bonds. The zero-order valence-corrected chi connectivity index (χ0v) is 21.9. The lowest BCUT2D eigenvalue weighted by molar-refractivity contribution is -0.255. The lowest BCUT2D eigenvalue weighted by atomic mass is 10.2. The Morgan fingerprint density at radius 2 is 1.30 bits per heavy atom. The van der Waals surface area contributed by atoms with Gasteiger partial charge in [0.15, 0.2) is 6.10 Å². The molecular weight excluding hydrogens is 439 g/mol. The third-order valence-electron chi connectivity index (χ3n) is 5.73. The summed E-state index contributed by atoms with van der Waals surface area (Å²) in [5, 5.41) is 27.9. The lowest BCUT2D eigenvalue weighted by Gasteiger charge is -2.28. The van der Waals surface area contributed by atoms with Crippen LogP contribution in [0.2, 0.25) is 0 Å². The van der Waals surface area contributed by atoms with Gasteiger partial charge < -0.3 is 24.9 Å². The number of benzene rings is 1. The van der Waals surface area contributed by atoms with Gasteiger partial charge >= 0.3 is 5.97 Å². The van der Waals surface area contributed by atoms with E-state index in [0.717, 1.165) is 0 Å². The quantitative estimate of drug-likeness (QED) is 0.299. The fourth-order valence-corrected chi connectivity index (χ4v) is 8.94. The Morgan fingerprint density at radius 1 is 0.879 bits per heavy atom. The smallest absolute Gasteiger partial charge is 0.336 e. The van der Waals surface area contributed by atoms with Crippen LogP contribution < -0.4 is 9.84 Å². The zero-order valence-electron chi connectivity index (χ0n) is 21.1. The van der Waals surface area contributed by atoms with E-state index in [0.29, 0.717) is 0 Å². The molecule has 0 aromatic heterocycles. The van der Waals surface area contributed by atoms with Gasteiger partial charge in [-0.3, -0.25) is 0 Å². The molecule has 0 saturated heterocycles. The number of aliphatic carboxylic acids is 1. The number of rotatable bonds is 17. The Balaban J connectivity index is 0.000000621. The number of para-hydroxylation sites is 1. The molecule has 33 heavy (non-hydrogen) atoms. The minimum atomic E-state index is -1.70. The van der Waals surface area contributed by atoms with E-state index in [-0.39, 0.29) is 11.3 Å². The number of carboxylic acids is 2. The highest BCUT2D eigenvalue weighted by Crippen LogP contribution is 2.61. The van der Waals surface area contributed by atoms with Gasteiger partial charge in [-0.1, -0.05) is 65.5 Å². The molecule has 0 saturated carbocycles. The van der Waals surface area contributed by atoms with Crippen molar-refractivity contribution in [1.82, 2.24) is 0 Å². The van der Waals surface area contributed by atoms with Gasteiger partial charge in [0.1, 0.15) is 12.4 Å². The molecule has 1 aromatic carbocycles. The van der Waals surface area contributed by atoms with E-state index in [2.05, 4.69) is 27.7 Å². The van der Waals surface area contributed by atoms with Gasteiger partial charge in [0, 0.05) is 12.8 Å². The molecule has 0 heterocycles. The van der Waals surface area contributed by atoms with Crippen molar-refractivity contribution in [2.45, 2.75) is 85.2 Å². The molecule has 0 bridgehead atoms. The van der Waals surface area contributed by atoms with E-state index in [1.807, 2.05) is 0 Å². The standard InChI is InChI=1S/C16H36P.C10H10O6/c1-5-9-13-17(14-10-6-2,15-11-7-3)16-12-8-4;11-7(10(14)15)5-16-8-4-2-1-3-6(8)9(12)13/h5-16H2,1-4H3;1-4,7,11H,5H2,(H,12,13)(H,14,15)/q+1;/p-1. The second kappa shape index (κ2) is 18.7. The molecule has 1 unspecified atom stereocenters. The first-order valence-electron chi connectivity index (χ1n) is 12.5. The average molecular weight is 485 g/mol. The van der Waals surface area contributed by atoms with Crippen LogP contribution in [0.3, 0.4) is 0 Å². The second-order valence-corrected chi connectivity index (χ2v) is 13.1. The van der Waals surface area contributed by atoms with Crippen molar-refractivity contribution in [2.24, 2.45) is 0 Å². The summed E-state index contributed by atoms with van der Waals surface area (Å²) < 4.78 is 4.87. The van der Waals surface area contributed by atoms with E-state index in [9.17, 15) is 14.7 Å². The maximum atomic E-state index is 10.6. The van der Waals surface area contributed by atoms with Gasteiger partial charge in [-0.15, -0.1) is 0 Å². The number of ether oxygens (including phenoxy) is 1. The van der Waals surface area contributed by atoms with Crippen LogP contribution in [0.15, 0.2) is 24.3 Å². The number of hydrogen-bond acceptors (Lipinski definition) is 5. The minimum Gasteiger partial charge on any atom is -0.545 e. The summed E-state index contributed by atoms with van der Waals surface area (Å²) in [6, 6.07) is 5.61.